The number of phosphoric ester groups is 1. The molecule has 0 aliphatic heterocycles. The Hall–Kier alpha value is -1.80. The van der Waals surface area contributed by atoms with E-state index >= 15 is 0 Å². The zero-order chi connectivity index (χ0) is 49.9. The average molecular weight is 977 g/mol. The molecule has 0 saturated carbocycles. The van der Waals surface area contributed by atoms with Crippen molar-refractivity contribution in [2.24, 2.45) is 0 Å². The fourth-order valence-electron chi connectivity index (χ4n) is 8.31. The Bertz CT molecular complexity index is 1290. The molecule has 0 heterocycles. The van der Waals surface area contributed by atoms with Crippen molar-refractivity contribution in [3.63, 3.8) is 0 Å². The molecule has 3 N–H and O–H groups in total. The summed E-state index contributed by atoms with van der Waals surface area (Å²) in [7, 11) is 1.62. The summed E-state index contributed by atoms with van der Waals surface area (Å²) in [5.41, 5.74) is 0. The van der Waals surface area contributed by atoms with Crippen LogP contribution < -0.4 is 5.32 Å². The fourth-order valence-corrected chi connectivity index (χ4v) is 9.05. The van der Waals surface area contributed by atoms with Crippen molar-refractivity contribution >= 4 is 13.7 Å². The minimum Gasteiger partial charge on any atom is -0.391 e. The molecule has 0 rings (SSSR count). The number of allylic oxidation sites excluding steroid dienone is 10. The van der Waals surface area contributed by atoms with E-state index in [0.717, 1.165) is 70.6 Å². The van der Waals surface area contributed by atoms with Crippen molar-refractivity contribution < 1.29 is 32.9 Å². The Balaban J connectivity index is 4.08. The molecule has 0 aliphatic rings. The second-order valence-corrected chi connectivity index (χ2v) is 22.1. The Labute approximate surface area is 422 Å². The molecule has 3 unspecified atom stereocenters. The van der Waals surface area contributed by atoms with Crippen LogP contribution in [0.15, 0.2) is 60.8 Å². The van der Waals surface area contributed by atoms with Crippen LogP contribution in [0.4, 0.5) is 0 Å². The van der Waals surface area contributed by atoms with Gasteiger partial charge in [0.25, 0.3) is 0 Å². The minimum atomic E-state index is -4.32. The lowest BCUT2D eigenvalue weighted by atomic mass is 10.0. The highest BCUT2D eigenvalue weighted by atomic mass is 31.2. The summed E-state index contributed by atoms with van der Waals surface area (Å²) < 4.78 is 23.8. The van der Waals surface area contributed by atoms with Crippen LogP contribution in [0.2, 0.25) is 0 Å². The number of hydrogen-bond donors (Lipinski definition) is 3. The molecule has 68 heavy (non-hydrogen) atoms. The smallest absolute Gasteiger partial charge is 0.391 e. The summed E-state index contributed by atoms with van der Waals surface area (Å²) in [6.07, 6.45) is 67.0. The molecule has 0 aromatic carbocycles. The number of amides is 1. The fraction of sp³-hybridized carbons (Fsp3) is 0.814. The molecule has 8 nitrogen and oxygen atoms in total. The van der Waals surface area contributed by atoms with Crippen LogP contribution in [0.1, 0.15) is 258 Å². The van der Waals surface area contributed by atoms with Crippen LogP contribution in [0.3, 0.4) is 0 Å². The number of hydrogen-bond acceptors (Lipinski definition) is 5. The Morgan fingerprint density at radius 2 is 0.882 bits per heavy atom. The van der Waals surface area contributed by atoms with E-state index in [0.29, 0.717) is 23.9 Å². The van der Waals surface area contributed by atoms with Gasteiger partial charge in [-0.1, -0.05) is 254 Å². The summed E-state index contributed by atoms with van der Waals surface area (Å²) >= 11 is 0. The van der Waals surface area contributed by atoms with Crippen molar-refractivity contribution in [1.29, 1.82) is 0 Å². The number of likely N-dealkylation sites (N-methyl/N-ethyl adjacent to an activating group) is 1. The van der Waals surface area contributed by atoms with Crippen LogP contribution in [0.25, 0.3) is 0 Å². The molecule has 398 valence electrons. The van der Waals surface area contributed by atoms with Gasteiger partial charge in [0.1, 0.15) is 13.2 Å². The lowest BCUT2D eigenvalue weighted by molar-refractivity contribution is -0.870. The molecule has 0 fully saturated rings. The highest BCUT2D eigenvalue weighted by Gasteiger charge is 2.28. The standard InChI is InChI=1S/C59H111N2O6P/c1-6-8-10-12-14-16-18-20-22-23-24-25-26-27-28-29-30-31-32-33-34-35-36-37-39-41-43-45-47-49-51-53-59(63)60-57(56-67-68(64,65)66-55-54-61(3,4)5)58(62)52-50-48-46-44-42-40-38-21-19-17-15-13-11-9-7-2/h8,10,14,16,20,22,24-25,27-28,57-58,62H,6-7,9,11-13,15,17-19,21,23,26,29-56H2,1-5H3,(H-,60,63,64,65)/p+1/b10-8-,16-14-,22-20-,25-24-,28-27-. The second kappa shape index (κ2) is 50.2. The quantitative estimate of drug-likeness (QED) is 0.0243. The van der Waals surface area contributed by atoms with E-state index < -0.39 is 20.0 Å². The first-order valence-electron chi connectivity index (χ1n) is 28.7. The molecule has 0 saturated heterocycles. The van der Waals surface area contributed by atoms with Crippen molar-refractivity contribution in [3.8, 4) is 0 Å². The second-order valence-electron chi connectivity index (χ2n) is 20.6. The van der Waals surface area contributed by atoms with Gasteiger partial charge < -0.3 is 19.8 Å². The maximum Gasteiger partial charge on any atom is 0.472 e. The summed E-state index contributed by atoms with van der Waals surface area (Å²) in [4.78, 5) is 23.3. The monoisotopic (exact) mass is 976 g/mol. The van der Waals surface area contributed by atoms with Gasteiger partial charge in [-0.2, -0.15) is 0 Å². The van der Waals surface area contributed by atoms with Gasteiger partial charge in [0.15, 0.2) is 0 Å². The van der Waals surface area contributed by atoms with E-state index in [2.05, 4.69) is 79.9 Å². The molecule has 1 amide bonds. The first kappa shape index (κ1) is 66.2. The van der Waals surface area contributed by atoms with Gasteiger partial charge in [-0.25, -0.2) is 4.57 Å². The number of nitrogens with one attached hydrogen (secondary N) is 1. The highest BCUT2D eigenvalue weighted by molar-refractivity contribution is 7.47. The molecule has 0 aromatic heterocycles. The molecule has 0 radical (unpaired) electrons. The van der Waals surface area contributed by atoms with Gasteiger partial charge in [0.05, 0.1) is 39.9 Å². The first-order valence-corrected chi connectivity index (χ1v) is 30.1. The predicted molar refractivity (Wildman–Crippen MR) is 295 cm³/mol. The zero-order valence-electron chi connectivity index (χ0n) is 45.3. The topological polar surface area (TPSA) is 105 Å². The van der Waals surface area contributed by atoms with Crippen molar-refractivity contribution in [2.45, 2.75) is 270 Å². The molecule has 3 atom stereocenters. The zero-order valence-corrected chi connectivity index (χ0v) is 46.2. The average Bonchev–Trinajstić information content (AvgIpc) is 3.30. The predicted octanol–water partition coefficient (Wildman–Crippen LogP) is 17.3. The van der Waals surface area contributed by atoms with Crippen molar-refractivity contribution in [3.05, 3.63) is 60.8 Å². The van der Waals surface area contributed by atoms with Gasteiger partial charge in [-0.05, 0) is 57.8 Å². The molecular weight excluding hydrogens is 864 g/mol. The number of carbonyl (C=O) groups excluding carboxylic acids is 1. The van der Waals surface area contributed by atoms with Crippen LogP contribution in [-0.4, -0.2) is 73.4 Å². The van der Waals surface area contributed by atoms with Crippen molar-refractivity contribution in [1.82, 2.24) is 5.32 Å². The summed E-state index contributed by atoms with van der Waals surface area (Å²) in [6, 6.07) is -0.762. The summed E-state index contributed by atoms with van der Waals surface area (Å²) in [5.74, 6) is -0.144. The molecule has 0 aliphatic carbocycles. The van der Waals surface area contributed by atoms with Gasteiger partial charge >= 0.3 is 7.82 Å². The molecule has 9 heteroatoms. The third-order valence-corrected chi connectivity index (χ3v) is 13.8. The number of unbranched alkanes of at least 4 members (excludes halogenated alkanes) is 29. The van der Waals surface area contributed by atoms with E-state index in [-0.39, 0.29) is 19.1 Å². The normalized spacial score (nSPS) is 14.4. The maximum absolute atomic E-state index is 13.0. The lowest BCUT2D eigenvalue weighted by Gasteiger charge is -2.26. The van der Waals surface area contributed by atoms with Gasteiger partial charge in [0.2, 0.25) is 5.91 Å². The molecule has 0 aromatic rings. The molecule has 0 spiro atoms. The van der Waals surface area contributed by atoms with E-state index in [9.17, 15) is 19.4 Å². The number of phosphoric acid groups is 1. The van der Waals surface area contributed by atoms with E-state index in [1.165, 1.54) is 161 Å². The molecule has 0 bridgehead atoms. The Morgan fingerprint density at radius 3 is 1.29 bits per heavy atom. The van der Waals surface area contributed by atoms with E-state index in [1.54, 1.807) is 0 Å². The number of quaternary nitrogens is 1. The van der Waals surface area contributed by atoms with Gasteiger partial charge in [-0.3, -0.25) is 13.8 Å². The van der Waals surface area contributed by atoms with E-state index in [4.69, 9.17) is 9.05 Å². The molecular formula is C59H112N2O6P+. The van der Waals surface area contributed by atoms with Gasteiger partial charge in [-0.15, -0.1) is 0 Å². The van der Waals surface area contributed by atoms with Gasteiger partial charge in [0, 0.05) is 6.42 Å². The first-order chi connectivity index (χ1) is 33.0. The minimum absolute atomic E-state index is 0.0741. The van der Waals surface area contributed by atoms with Crippen LogP contribution in [0.5, 0.6) is 0 Å². The maximum atomic E-state index is 13.0. The number of aliphatic hydroxyl groups excluding tert-OH is 1. The van der Waals surface area contributed by atoms with E-state index in [1.807, 2.05) is 21.1 Å². The van der Waals surface area contributed by atoms with Crippen LogP contribution in [0, 0.1) is 0 Å². The largest absolute Gasteiger partial charge is 0.472 e. The lowest BCUT2D eigenvalue weighted by Crippen LogP contribution is -2.46. The third kappa shape index (κ3) is 52.0. The number of aliphatic hydroxyl groups is 1. The Kier molecular flexibility index (Phi) is 48.8. The van der Waals surface area contributed by atoms with Crippen LogP contribution >= 0.6 is 7.82 Å². The number of nitrogens with zero attached hydrogens (tertiary/aromatic N) is 1. The third-order valence-electron chi connectivity index (χ3n) is 12.8. The summed E-state index contributed by atoms with van der Waals surface area (Å²) in [6.45, 7) is 4.79. The number of carbonyl (C=O) groups is 1. The SMILES string of the molecule is CC/C=C\C/C=C\C/C=C\C/C=C\C/C=C\CCCCCCCCCCCCCCCCCC(=O)NC(COP(=O)(O)OCC[N+](C)(C)C)C(O)CCCCCCCCCCCCCCCCC. The highest BCUT2D eigenvalue weighted by Crippen LogP contribution is 2.43. The number of rotatable bonds is 52. The Morgan fingerprint density at radius 1 is 0.515 bits per heavy atom. The van der Waals surface area contributed by atoms with Crippen LogP contribution in [-0.2, 0) is 18.4 Å². The van der Waals surface area contributed by atoms with Crippen molar-refractivity contribution in [2.75, 3.05) is 40.9 Å². The summed E-state index contributed by atoms with van der Waals surface area (Å²) in [5, 5.41) is 14.0.